The van der Waals surface area contributed by atoms with Crippen LogP contribution in [-0.2, 0) is 4.74 Å². The van der Waals surface area contributed by atoms with Gasteiger partial charge < -0.3 is 13.6 Å². The van der Waals surface area contributed by atoms with Crippen LogP contribution in [-0.4, -0.2) is 17.6 Å². The zero-order chi connectivity index (χ0) is 11.5. The minimum Gasteiger partial charge on any atom is -0.461 e. The van der Waals surface area contributed by atoms with Gasteiger partial charge in [-0.25, -0.2) is 9.78 Å². The number of esters is 1. The number of furan rings is 1. The molecule has 2 heterocycles. The first-order valence-corrected chi connectivity index (χ1v) is 4.89. The van der Waals surface area contributed by atoms with Crippen molar-refractivity contribution in [3.05, 3.63) is 30.0 Å². The number of hydrogen-bond acceptors (Lipinski definition) is 5. The normalized spacial score (nSPS) is 10.4. The lowest BCUT2D eigenvalue weighted by Gasteiger charge is -1.98. The third kappa shape index (κ3) is 1.84. The second-order valence-corrected chi connectivity index (χ2v) is 3.16. The van der Waals surface area contributed by atoms with E-state index in [0.29, 0.717) is 18.1 Å². The van der Waals surface area contributed by atoms with Gasteiger partial charge in [-0.2, -0.15) is 0 Å². The molecule has 16 heavy (non-hydrogen) atoms. The molecule has 0 fully saturated rings. The van der Waals surface area contributed by atoms with Crippen LogP contribution in [0.2, 0.25) is 0 Å². The number of rotatable bonds is 3. The third-order valence-electron chi connectivity index (χ3n) is 2.00. The van der Waals surface area contributed by atoms with E-state index in [1.807, 2.05) is 6.92 Å². The number of hydrogen-bond donors (Lipinski definition) is 0. The van der Waals surface area contributed by atoms with Gasteiger partial charge >= 0.3 is 5.97 Å². The Hall–Kier alpha value is -2.04. The molecule has 5 heteroatoms. The molecule has 2 aromatic heterocycles. The zero-order valence-corrected chi connectivity index (χ0v) is 9.02. The fraction of sp³-hybridized carbons (Fsp3) is 0.273. The fourth-order valence-corrected chi connectivity index (χ4v) is 1.32. The van der Waals surface area contributed by atoms with Crippen molar-refractivity contribution in [2.75, 3.05) is 6.61 Å². The van der Waals surface area contributed by atoms with E-state index in [-0.39, 0.29) is 5.69 Å². The molecule has 0 spiro atoms. The molecule has 0 aliphatic rings. The van der Waals surface area contributed by atoms with Gasteiger partial charge in [-0.15, -0.1) is 0 Å². The molecule has 2 rings (SSSR count). The summed E-state index contributed by atoms with van der Waals surface area (Å²) >= 11 is 0. The van der Waals surface area contributed by atoms with Gasteiger partial charge in [-0.05, 0) is 26.0 Å². The SMILES string of the molecule is CCOC(=O)c1ncoc1-c1ccc(C)o1. The minimum absolute atomic E-state index is 0.135. The summed E-state index contributed by atoms with van der Waals surface area (Å²) in [6.45, 7) is 3.83. The molecule has 0 radical (unpaired) electrons. The van der Waals surface area contributed by atoms with Crippen molar-refractivity contribution in [3.63, 3.8) is 0 Å². The van der Waals surface area contributed by atoms with E-state index in [0.717, 1.165) is 5.76 Å². The van der Waals surface area contributed by atoms with Gasteiger partial charge in [-0.3, -0.25) is 0 Å². The van der Waals surface area contributed by atoms with Crippen LogP contribution < -0.4 is 0 Å². The monoisotopic (exact) mass is 221 g/mol. The lowest BCUT2D eigenvalue weighted by molar-refractivity contribution is 0.0520. The number of nitrogens with zero attached hydrogens (tertiary/aromatic N) is 1. The van der Waals surface area contributed by atoms with Crippen LogP contribution >= 0.6 is 0 Å². The van der Waals surface area contributed by atoms with Crippen molar-refractivity contribution in [2.45, 2.75) is 13.8 Å². The summed E-state index contributed by atoms with van der Waals surface area (Å²) in [5.74, 6) is 0.992. The first-order chi connectivity index (χ1) is 7.72. The van der Waals surface area contributed by atoms with Gasteiger partial charge in [0.05, 0.1) is 6.61 Å². The summed E-state index contributed by atoms with van der Waals surface area (Å²) in [5.41, 5.74) is 0.135. The largest absolute Gasteiger partial charge is 0.461 e. The van der Waals surface area contributed by atoms with E-state index < -0.39 is 5.97 Å². The fourth-order valence-electron chi connectivity index (χ4n) is 1.32. The second-order valence-electron chi connectivity index (χ2n) is 3.16. The maximum atomic E-state index is 11.5. The first-order valence-electron chi connectivity index (χ1n) is 4.89. The maximum Gasteiger partial charge on any atom is 0.361 e. The van der Waals surface area contributed by atoms with E-state index >= 15 is 0 Å². The molecule has 5 nitrogen and oxygen atoms in total. The molecule has 0 saturated heterocycles. The van der Waals surface area contributed by atoms with Crippen LogP contribution in [0.5, 0.6) is 0 Å². The average molecular weight is 221 g/mol. The van der Waals surface area contributed by atoms with Crippen LogP contribution in [0.3, 0.4) is 0 Å². The smallest absolute Gasteiger partial charge is 0.361 e. The Balaban J connectivity index is 2.36. The zero-order valence-electron chi connectivity index (χ0n) is 9.02. The molecule has 2 aromatic rings. The Labute approximate surface area is 92.0 Å². The van der Waals surface area contributed by atoms with E-state index in [2.05, 4.69) is 4.98 Å². The summed E-state index contributed by atoms with van der Waals surface area (Å²) in [6.07, 6.45) is 1.19. The number of aromatic nitrogens is 1. The maximum absolute atomic E-state index is 11.5. The van der Waals surface area contributed by atoms with Gasteiger partial charge in [0.1, 0.15) is 5.76 Å². The molecule has 0 N–H and O–H groups in total. The van der Waals surface area contributed by atoms with Crippen molar-refractivity contribution in [1.29, 1.82) is 0 Å². The summed E-state index contributed by atoms with van der Waals surface area (Å²) in [4.78, 5) is 15.3. The van der Waals surface area contributed by atoms with Crippen LogP contribution in [0.15, 0.2) is 27.4 Å². The predicted octanol–water partition coefficient (Wildman–Crippen LogP) is 2.42. The summed E-state index contributed by atoms with van der Waals surface area (Å²) in [5, 5.41) is 0. The van der Waals surface area contributed by atoms with E-state index in [1.165, 1.54) is 6.39 Å². The Kier molecular flexibility index (Phi) is 2.76. The van der Waals surface area contributed by atoms with E-state index in [9.17, 15) is 4.79 Å². The van der Waals surface area contributed by atoms with Crippen LogP contribution in [0.25, 0.3) is 11.5 Å². The number of carbonyl (C=O) groups excluding carboxylic acids is 1. The number of aryl methyl sites for hydroxylation is 1. The summed E-state index contributed by atoms with van der Waals surface area (Å²) in [7, 11) is 0. The standard InChI is InChI=1S/C11H11NO4/c1-3-14-11(13)9-10(15-6-12-9)8-5-4-7(2)16-8/h4-6H,3H2,1-2H3. The molecular weight excluding hydrogens is 210 g/mol. The summed E-state index contributed by atoms with van der Waals surface area (Å²) in [6, 6.07) is 3.51. The Morgan fingerprint density at radius 3 is 2.94 bits per heavy atom. The number of oxazole rings is 1. The minimum atomic E-state index is -0.514. The van der Waals surface area contributed by atoms with Crippen molar-refractivity contribution in [3.8, 4) is 11.5 Å². The topological polar surface area (TPSA) is 65.5 Å². The Bertz CT molecular complexity index is 498. The first kappa shape index (κ1) is 10.5. The molecular formula is C11H11NO4. The summed E-state index contributed by atoms with van der Waals surface area (Å²) < 4.78 is 15.3. The van der Waals surface area contributed by atoms with Crippen LogP contribution in [0, 0.1) is 6.92 Å². The molecule has 0 aromatic carbocycles. The predicted molar refractivity (Wildman–Crippen MR) is 54.9 cm³/mol. The van der Waals surface area contributed by atoms with Gasteiger partial charge in [0.2, 0.25) is 5.76 Å². The molecule has 0 saturated carbocycles. The highest BCUT2D eigenvalue weighted by molar-refractivity contribution is 5.92. The Morgan fingerprint density at radius 2 is 2.31 bits per heavy atom. The molecule has 0 aliphatic heterocycles. The van der Waals surface area contributed by atoms with Crippen molar-refractivity contribution < 1.29 is 18.4 Å². The van der Waals surface area contributed by atoms with Gasteiger partial charge in [0.25, 0.3) is 0 Å². The van der Waals surface area contributed by atoms with Gasteiger partial charge in [0, 0.05) is 0 Å². The van der Waals surface area contributed by atoms with Crippen LogP contribution in [0.1, 0.15) is 23.2 Å². The highest BCUT2D eigenvalue weighted by Crippen LogP contribution is 2.25. The molecule has 0 aliphatic carbocycles. The molecule has 0 atom stereocenters. The lowest BCUT2D eigenvalue weighted by Crippen LogP contribution is -2.06. The van der Waals surface area contributed by atoms with Gasteiger partial charge in [-0.1, -0.05) is 0 Å². The van der Waals surface area contributed by atoms with Crippen LogP contribution in [0.4, 0.5) is 0 Å². The van der Waals surface area contributed by atoms with E-state index in [1.54, 1.807) is 19.1 Å². The second kappa shape index (κ2) is 4.22. The quantitative estimate of drug-likeness (QED) is 0.744. The molecule has 0 amide bonds. The van der Waals surface area contributed by atoms with Crippen molar-refractivity contribution in [1.82, 2.24) is 4.98 Å². The Morgan fingerprint density at radius 1 is 1.50 bits per heavy atom. The average Bonchev–Trinajstić information content (AvgIpc) is 2.85. The molecule has 84 valence electrons. The third-order valence-corrected chi connectivity index (χ3v) is 2.00. The van der Waals surface area contributed by atoms with Crippen molar-refractivity contribution >= 4 is 5.97 Å². The van der Waals surface area contributed by atoms with E-state index in [4.69, 9.17) is 13.6 Å². The van der Waals surface area contributed by atoms with Gasteiger partial charge in [0.15, 0.2) is 17.8 Å². The highest BCUT2D eigenvalue weighted by Gasteiger charge is 2.21. The molecule has 0 unspecified atom stereocenters. The van der Waals surface area contributed by atoms with Crippen molar-refractivity contribution in [2.24, 2.45) is 0 Å². The lowest BCUT2D eigenvalue weighted by atomic mass is 10.3. The molecule has 0 bridgehead atoms. The number of carbonyl (C=O) groups is 1. The number of ether oxygens (including phenoxy) is 1. The highest BCUT2D eigenvalue weighted by atomic mass is 16.5.